The molecule has 0 amide bonds. The molecule has 3 aromatic rings. The topological polar surface area (TPSA) is 47.9 Å². The maximum absolute atomic E-state index is 12.5. The van der Waals surface area contributed by atoms with Crippen LogP contribution >= 0.6 is 0 Å². The van der Waals surface area contributed by atoms with Gasteiger partial charge in [-0.15, -0.1) is 0 Å². The second kappa shape index (κ2) is 7.21. The van der Waals surface area contributed by atoms with Crippen LogP contribution in [0, 0.1) is 0 Å². The van der Waals surface area contributed by atoms with Crippen LogP contribution in [-0.2, 0) is 14.9 Å². The second-order valence-electron chi connectivity index (χ2n) is 8.07. The van der Waals surface area contributed by atoms with Gasteiger partial charge in [-0.25, -0.2) is 9.79 Å². The zero-order valence-electron chi connectivity index (χ0n) is 17.0. The van der Waals surface area contributed by atoms with E-state index >= 15 is 0 Å². The van der Waals surface area contributed by atoms with Crippen molar-refractivity contribution >= 4 is 28.7 Å². The first-order chi connectivity index (χ1) is 13.9. The Morgan fingerprint density at radius 3 is 2.38 bits per heavy atom. The number of aliphatic imine (C=N–C) groups is 1. The molecule has 0 aliphatic carbocycles. The number of carbonyl (C=O) groups is 1. The van der Waals surface area contributed by atoms with Crippen molar-refractivity contribution < 1.29 is 14.3 Å². The van der Waals surface area contributed by atoms with E-state index in [1.807, 2.05) is 60.7 Å². The Hall–Kier alpha value is -3.40. The molecule has 4 rings (SSSR count). The van der Waals surface area contributed by atoms with E-state index in [1.54, 1.807) is 13.2 Å². The number of ether oxygens (including phenoxy) is 2. The van der Waals surface area contributed by atoms with E-state index in [-0.39, 0.29) is 11.1 Å². The molecule has 4 nitrogen and oxygen atoms in total. The van der Waals surface area contributed by atoms with Gasteiger partial charge in [0.1, 0.15) is 5.75 Å². The molecule has 4 heteroatoms. The van der Waals surface area contributed by atoms with Crippen LogP contribution in [0.3, 0.4) is 0 Å². The van der Waals surface area contributed by atoms with Gasteiger partial charge in [-0.2, -0.15) is 0 Å². The molecular formula is C25H23NO3. The van der Waals surface area contributed by atoms with Gasteiger partial charge in [0.05, 0.1) is 7.11 Å². The maximum atomic E-state index is 12.5. The predicted molar refractivity (Wildman–Crippen MR) is 116 cm³/mol. The molecule has 0 radical (unpaired) electrons. The number of nitrogens with zero attached hydrogens (tertiary/aromatic N) is 1. The van der Waals surface area contributed by atoms with E-state index in [0.29, 0.717) is 11.6 Å². The SMILES string of the molecule is COc1ccc2ccccc2c1/C=C1/N=C(c2ccc(C(C)(C)C)cc2)OC1=O. The predicted octanol–water partition coefficient (Wildman–Crippen LogP) is 5.49. The summed E-state index contributed by atoms with van der Waals surface area (Å²) in [4.78, 5) is 16.9. The third-order valence-electron chi connectivity index (χ3n) is 5.05. The van der Waals surface area contributed by atoms with Gasteiger partial charge in [0, 0.05) is 11.1 Å². The highest BCUT2D eigenvalue weighted by Gasteiger charge is 2.25. The molecule has 0 unspecified atom stereocenters. The molecule has 1 aliphatic heterocycles. The second-order valence-corrected chi connectivity index (χ2v) is 8.07. The summed E-state index contributed by atoms with van der Waals surface area (Å²) in [6.07, 6.45) is 1.74. The van der Waals surface area contributed by atoms with Gasteiger partial charge in [0.15, 0.2) is 5.70 Å². The third-order valence-corrected chi connectivity index (χ3v) is 5.05. The number of rotatable bonds is 3. The van der Waals surface area contributed by atoms with Gasteiger partial charge in [0.25, 0.3) is 0 Å². The Morgan fingerprint density at radius 2 is 1.69 bits per heavy atom. The Balaban J connectivity index is 1.75. The van der Waals surface area contributed by atoms with Crippen LogP contribution in [0.5, 0.6) is 5.75 Å². The van der Waals surface area contributed by atoms with Crippen LogP contribution in [0.4, 0.5) is 0 Å². The fourth-order valence-corrected chi connectivity index (χ4v) is 3.38. The van der Waals surface area contributed by atoms with Crippen LogP contribution in [-0.4, -0.2) is 19.0 Å². The normalized spacial score (nSPS) is 15.5. The molecule has 0 N–H and O–H groups in total. The van der Waals surface area contributed by atoms with E-state index < -0.39 is 5.97 Å². The lowest BCUT2D eigenvalue weighted by Gasteiger charge is -2.18. The van der Waals surface area contributed by atoms with E-state index in [0.717, 1.165) is 21.9 Å². The van der Waals surface area contributed by atoms with Crippen molar-refractivity contribution in [3.8, 4) is 5.75 Å². The lowest BCUT2D eigenvalue weighted by atomic mass is 9.87. The van der Waals surface area contributed by atoms with Crippen LogP contribution in [0.15, 0.2) is 71.4 Å². The first-order valence-corrected chi connectivity index (χ1v) is 9.56. The number of esters is 1. The summed E-state index contributed by atoms with van der Waals surface area (Å²) in [5.74, 6) is 0.540. The van der Waals surface area contributed by atoms with Crippen molar-refractivity contribution in [1.29, 1.82) is 0 Å². The number of methoxy groups -OCH3 is 1. The molecule has 0 saturated heterocycles. The standard InChI is InChI=1S/C25H23NO3/c1-25(2,3)18-12-9-17(10-13-18)23-26-21(24(27)29-23)15-20-19-8-6-5-7-16(19)11-14-22(20)28-4/h5-15H,1-4H3/b21-15+. The molecule has 3 aromatic carbocycles. The Labute approximate surface area is 170 Å². The molecule has 0 atom stereocenters. The molecule has 0 fully saturated rings. The van der Waals surface area contributed by atoms with E-state index in [1.165, 1.54) is 5.56 Å². The van der Waals surface area contributed by atoms with Crippen molar-refractivity contribution in [2.45, 2.75) is 26.2 Å². The Morgan fingerprint density at radius 1 is 0.966 bits per heavy atom. The first kappa shape index (κ1) is 18.9. The van der Waals surface area contributed by atoms with Gasteiger partial charge >= 0.3 is 5.97 Å². The van der Waals surface area contributed by atoms with E-state index in [2.05, 4.69) is 25.8 Å². The molecule has 1 aliphatic rings. The zero-order chi connectivity index (χ0) is 20.6. The summed E-state index contributed by atoms with van der Waals surface area (Å²) in [5, 5.41) is 2.05. The quantitative estimate of drug-likeness (QED) is 0.442. The first-order valence-electron chi connectivity index (χ1n) is 9.56. The summed E-state index contributed by atoms with van der Waals surface area (Å²) in [6.45, 7) is 6.48. The minimum Gasteiger partial charge on any atom is -0.496 e. The molecule has 146 valence electrons. The molecular weight excluding hydrogens is 362 g/mol. The molecule has 0 aromatic heterocycles. The Bertz CT molecular complexity index is 1150. The van der Waals surface area contributed by atoms with Gasteiger partial charge in [-0.05, 0) is 46.0 Å². The number of cyclic esters (lactones) is 1. The molecule has 29 heavy (non-hydrogen) atoms. The van der Waals surface area contributed by atoms with Gasteiger partial charge in [-0.1, -0.05) is 63.2 Å². The molecule has 1 heterocycles. The number of carbonyl (C=O) groups excluding carboxylic acids is 1. The summed E-state index contributed by atoms with van der Waals surface area (Å²) in [6, 6.07) is 19.8. The van der Waals surface area contributed by atoms with Crippen LogP contribution in [0.25, 0.3) is 16.8 Å². The summed E-state index contributed by atoms with van der Waals surface area (Å²) >= 11 is 0. The summed E-state index contributed by atoms with van der Waals surface area (Å²) < 4.78 is 11.0. The van der Waals surface area contributed by atoms with E-state index in [4.69, 9.17) is 9.47 Å². The van der Waals surface area contributed by atoms with Crippen molar-refractivity contribution in [3.63, 3.8) is 0 Å². The average molecular weight is 385 g/mol. The number of benzene rings is 3. The maximum Gasteiger partial charge on any atom is 0.363 e. The number of hydrogen-bond donors (Lipinski definition) is 0. The van der Waals surface area contributed by atoms with Gasteiger partial charge < -0.3 is 9.47 Å². The van der Waals surface area contributed by atoms with Crippen LogP contribution < -0.4 is 4.74 Å². The lowest BCUT2D eigenvalue weighted by Crippen LogP contribution is -2.11. The van der Waals surface area contributed by atoms with Crippen molar-refractivity contribution in [2.75, 3.05) is 7.11 Å². The third kappa shape index (κ3) is 3.66. The molecule has 0 bridgehead atoms. The highest BCUT2D eigenvalue weighted by Crippen LogP contribution is 2.31. The smallest absolute Gasteiger partial charge is 0.363 e. The van der Waals surface area contributed by atoms with Crippen molar-refractivity contribution in [2.24, 2.45) is 4.99 Å². The summed E-state index contributed by atoms with van der Waals surface area (Å²) in [5.41, 5.74) is 3.12. The molecule has 0 spiro atoms. The highest BCUT2D eigenvalue weighted by molar-refractivity contribution is 6.13. The van der Waals surface area contributed by atoms with Crippen LogP contribution in [0.2, 0.25) is 0 Å². The largest absolute Gasteiger partial charge is 0.496 e. The van der Waals surface area contributed by atoms with Crippen LogP contribution in [0.1, 0.15) is 37.5 Å². The number of fused-ring (bicyclic) bond motifs is 1. The van der Waals surface area contributed by atoms with E-state index in [9.17, 15) is 4.79 Å². The fourth-order valence-electron chi connectivity index (χ4n) is 3.38. The van der Waals surface area contributed by atoms with Gasteiger partial charge in [0.2, 0.25) is 5.90 Å². The molecule has 0 saturated carbocycles. The Kier molecular flexibility index (Phi) is 4.71. The fraction of sp³-hybridized carbons (Fsp3) is 0.200. The van der Waals surface area contributed by atoms with Gasteiger partial charge in [-0.3, -0.25) is 0 Å². The summed E-state index contributed by atoms with van der Waals surface area (Å²) in [7, 11) is 1.62. The highest BCUT2D eigenvalue weighted by atomic mass is 16.6. The van der Waals surface area contributed by atoms with Crippen molar-refractivity contribution in [1.82, 2.24) is 0 Å². The average Bonchev–Trinajstić information content (AvgIpc) is 3.08. The number of hydrogen-bond acceptors (Lipinski definition) is 4. The minimum absolute atomic E-state index is 0.0582. The minimum atomic E-state index is -0.463. The van der Waals surface area contributed by atoms with Crippen molar-refractivity contribution in [3.05, 3.63) is 83.1 Å². The zero-order valence-corrected chi connectivity index (χ0v) is 17.0. The lowest BCUT2D eigenvalue weighted by molar-refractivity contribution is -0.129. The monoisotopic (exact) mass is 385 g/mol.